The molecule has 0 aliphatic rings. The van der Waals surface area contributed by atoms with Gasteiger partial charge in [0.2, 0.25) is 10.0 Å². The Hall–Kier alpha value is -1.81. The lowest BCUT2D eigenvalue weighted by Crippen LogP contribution is -2.40. The summed E-state index contributed by atoms with van der Waals surface area (Å²) in [7, 11) is -1.57. The van der Waals surface area contributed by atoms with Gasteiger partial charge in [-0.15, -0.1) is 0 Å². The Balaban J connectivity index is 2.42. The van der Waals surface area contributed by atoms with Gasteiger partial charge in [0.1, 0.15) is 0 Å². The molecule has 0 amide bonds. The van der Waals surface area contributed by atoms with Crippen LogP contribution in [0, 0.1) is 0 Å². The number of aliphatic imine (C=N–C) groups is 1. The number of rotatable bonds is 10. The normalized spacial score (nSPS) is 14.1. The van der Waals surface area contributed by atoms with E-state index in [4.69, 9.17) is 0 Å². The van der Waals surface area contributed by atoms with E-state index < -0.39 is 21.8 Å². The molecule has 2 N–H and O–H groups in total. The Kier molecular flexibility index (Phi) is 9.91. The maximum absolute atomic E-state index is 12.8. The molecule has 0 radical (unpaired) electrons. The Labute approximate surface area is 171 Å². The standard InChI is InChI=1S/C19H31F3N4O2S/c1-5-26(29(4,27)28)13-7-11-24-18(23-3)25-12-10-15(2)16-8-6-9-17(14-16)19(20,21)22/h6,8-9,14-15H,5,7,10-13H2,1-4H3,(H2,23,24,25). The fraction of sp³-hybridized carbons (Fsp3) is 0.632. The highest BCUT2D eigenvalue weighted by Gasteiger charge is 2.30. The van der Waals surface area contributed by atoms with Crippen LogP contribution in [0.1, 0.15) is 43.7 Å². The van der Waals surface area contributed by atoms with E-state index in [0.29, 0.717) is 50.5 Å². The summed E-state index contributed by atoms with van der Waals surface area (Å²) >= 11 is 0. The highest BCUT2D eigenvalue weighted by Crippen LogP contribution is 2.31. The van der Waals surface area contributed by atoms with E-state index in [0.717, 1.165) is 6.07 Å². The highest BCUT2D eigenvalue weighted by molar-refractivity contribution is 7.88. The average Bonchev–Trinajstić information content (AvgIpc) is 2.64. The van der Waals surface area contributed by atoms with Gasteiger partial charge < -0.3 is 10.6 Å². The molecular weight excluding hydrogens is 405 g/mol. The van der Waals surface area contributed by atoms with Gasteiger partial charge in [-0.25, -0.2) is 12.7 Å². The minimum Gasteiger partial charge on any atom is -0.356 e. The molecular formula is C19H31F3N4O2S. The van der Waals surface area contributed by atoms with E-state index >= 15 is 0 Å². The second kappa shape index (κ2) is 11.4. The van der Waals surface area contributed by atoms with Gasteiger partial charge in [-0.1, -0.05) is 32.0 Å². The van der Waals surface area contributed by atoms with Crippen LogP contribution in [0.4, 0.5) is 13.2 Å². The number of halogens is 3. The molecule has 0 aliphatic carbocycles. The van der Waals surface area contributed by atoms with Crippen LogP contribution in [0.3, 0.4) is 0 Å². The number of nitrogens with zero attached hydrogens (tertiary/aromatic N) is 2. The molecule has 29 heavy (non-hydrogen) atoms. The number of nitrogens with one attached hydrogen (secondary N) is 2. The Morgan fingerprint density at radius 3 is 2.45 bits per heavy atom. The SMILES string of the molecule is CCN(CCCNC(=NC)NCCC(C)c1cccc(C(F)(F)F)c1)S(C)(=O)=O. The van der Waals surface area contributed by atoms with E-state index in [1.54, 1.807) is 20.0 Å². The van der Waals surface area contributed by atoms with Gasteiger partial charge in [0.05, 0.1) is 11.8 Å². The molecule has 0 saturated carbocycles. The topological polar surface area (TPSA) is 73.8 Å². The van der Waals surface area contributed by atoms with Gasteiger partial charge in [0.25, 0.3) is 0 Å². The summed E-state index contributed by atoms with van der Waals surface area (Å²) in [6.07, 6.45) is -1.89. The van der Waals surface area contributed by atoms with Crippen molar-refractivity contribution in [2.75, 3.05) is 39.5 Å². The molecule has 0 heterocycles. The fourth-order valence-corrected chi connectivity index (χ4v) is 3.77. The Bertz CT molecular complexity index is 767. The van der Waals surface area contributed by atoms with Gasteiger partial charge in [0.15, 0.2) is 5.96 Å². The van der Waals surface area contributed by atoms with Crippen molar-refractivity contribution in [1.82, 2.24) is 14.9 Å². The largest absolute Gasteiger partial charge is 0.416 e. The monoisotopic (exact) mass is 436 g/mol. The Morgan fingerprint density at radius 1 is 1.24 bits per heavy atom. The Morgan fingerprint density at radius 2 is 1.90 bits per heavy atom. The lowest BCUT2D eigenvalue weighted by atomic mass is 9.96. The zero-order valence-electron chi connectivity index (χ0n) is 17.4. The summed E-state index contributed by atoms with van der Waals surface area (Å²) in [6.45, 7) is 5.62. The van der Waals surface area contributed by atoms with E-state index in [2.05, 4.69) is 15.6 Å². The van der Waals surface area contributed by atoms with Crippen molar-refractivity contribution < 1.29 is 21.6 Å². The molecule has 0 saturated heterocycles. The first-order valence-corrected chi connectivity index (χ1v) is 11.4. The van der Waals surface area contributed by atoms with Crippen molar-refractivity contribution in [3.63, 3.8) is 0 Å². The van der Waals surface area contributed by atoms with Crippen LogP contribution in [0.5, 0.6) is 0 Å². The van der Waals surface area contributed by atoms with Crippen LogP contribution in [0.15, 0.2) is 29.3 Å². The third-order valence-corrected chi connectivity index (χ3v) is 5.95. The maximum atomic E-state index is 12.8. The number of alkyl halides is 3. The second-order valence-electron chi connectivity index (χ2n) is 6.85. The summed E-state index contributed by atoms with van der Waals surface area (Å²) in [6, 6.07) is 5.40. The molecule has 0 bridgehead atoms. The van der Waals surface area contributed by atoms with Crippen molar-refractivity contribution in [2.24, 2.45) is 4.99 Å². The molecule has 0 aliphatic heterocycles. The molecule has 166 valence electrons. The average molecular weight is 437 g/mol. The molecule has 0 aromatic heterocycles. The van der Waals surface area contributed by atoms with Crippen molar-refractivity contribution in [1.29, 1.82) is 0 Å². The quantitative estimate of drug-likeness (QED) is 0.336. The highest BCUT2D eigenvalue weighted by atomic mass is 32.2. The van der Waals surface area contributed by atoms with Gasteiger partial charge in [0, 0.05) is 33.2 Å². The third-order valence-electron chi connectivity index (χ3n) is 4.57. The lowest BCUT2D eigenvalue weighted by Gasteiger charge is -2.19. The third kappa shape index (κ3) is 9.03. The molecule has 0 fully saturated rings. The molecule has 1 aromatic rings. The minimum atomic E-state index is -4.34. The maximum Gasteiger partial charge on any atom is 0.416 e. The number of guanidine groups is 1. The van der Waals surface area contributed by atoms with E-state index in [9.17, 15) is 21.6 Å². The number of hydrogen-bond donors (Lipinski definition) is 2. The zero-order chi connectivity index (χ0) is 22.1. The smallest absolute Gasteiger partial charge is 0.356 e. The van der Waals surface area contributed by atoms with Crippen molar-refractivity contribution in [3.05, 3.63) is 35.4 Å². The van der Waals surface area contributed by atoms with Crippen LogP contribution >= 0.6 is 0 Å². The summed E-state index contributed by atoms with van der Waals surface area (Å²) in [5, 5.41) is 6.24. The first-order valence-electron chi connectivity index (χ1n) is 9.55. The van der Waals surface area contributed by atoms with E-state index in [1.165, 1.54) is 22.7 Å². The number of benzene rings is 1. The van der Waals surface area contributed by atoms with Crippen LogP contribution in [-0.4, -0.2) is 58.2 Å². The molecule has 1 atom stereocenters. The van der Waals surface area contributed by atoms with E-state index in [-0.39, 0.29) is 5.92 Å². The van der Waals surface area contributed by atoms with Crippen LogP contribution < -0.4 is 10.6 Å². The van der Waals surface area contributed by atoms with Crippen LogP contribution in [0.25, 0.3) is 0 Å². The summed E-state index contributed by atoms with van der Waals surface area (Å²) in [4.78, 5) is 4.10. The number of sulfonamides is 1. The zero-order valence-corrected chi connectivity index (χ0v) is 18.2. The van der Waals surface area contributed by atoms with Gasteiger partial charge in [-0.05, 0) is 30.4 Å². The second-order valence-corrected chi connectivity index (χ2v) is 8.83. The van der Waals surface area contributed by atoms with Gasteiger partial charge >= 0.3 is 6.18 Å². The minimum absolute atomic E-state index is 0.0456. The van der Waals surface area contributed by atoms with Crippen molar-refractivity contribution in [3.8, 4) is 0 Å². The van der Waals surface area contributed by atoms with Crippen molar-refractivity contribution in [2.45, 2.75) is 38.8 Å². The molecule has 1 aromatic carbocycles. The van der Waals surface area contributed by atoms with Crippen molar-refractivity contribution >= 4 is 16.0 Å². The first-order chi connectivity index (χ1) is 13.5. The molecule has 10 heteroatoms. The fourth-order valence-electron chi connectivity index (χ4n) is 2.84. The summed E-state index contributed by atoms with van der Waals surface area (Å²) < 4.78 is 63.1. The van der Waals surface area contributed by atoms with Crippen LogP contribution in [0.2, 0.25) is 0 Å². The summed E-state index contributed by atoms with van der Waals surface area (Å²) in [5.41, 5.74) is 0.00695. The lowest BCUT2D eigenvalue weighted by molar-refractivity contribution is -0.137. The predicted molar refractivity (Wildman–Crippen MR) is 111 cm³/mol. The predicted octanol–water partition coefficient (Wildman–Crippen LogP) is 3.04. The number of hydrogen-bond acceptors (Lipinski definition) is 3. The van der Waals surface area contributed by atoms with Gasteiger partial charge in [-0.2, -0.15) is 13.2 Å². The summed E-state index contributed by atoms with van der Waals surface area (Å²) in [5.74, 6) is 0.527. The molecule has 6 nitrogen and oxygen atoms in total. The molecule has 0 spiro atoms. The van der Waals surface area contributed by atoms with Crippen LogP contribution in [-0.2, 0) is 16.2 Å². The molecule has 1 rings (SSSR count). The molecule has 1 unspecified atom stereocenters. The van der Waals surface area contributed by atoms with E-state index in [1.807, 2.05) is 6.92 Å². The van der Waals surface area contributed by atoms with Gasteiger partial charge in [-0.3, -0.25) is 4.99 Å². The first kappa shape index (κ1) is 25.2.